The second kappa shape index (κ2) is 9.92. The highest BCUT2D eigenvalue weighted by atomic mass is 16.2. The van der Waals surface area contributed by atoms with Crippen molar-refractivity contribution >= 4 is 11.8 Å². The van der Waals surface area contributed by atoms with Crippen molar-refractivity contribution in [2.75, 3.05) is 52.9 Å². The molecule has 6 nitrogen and oxygen atoms in total. The molecule has 30 heavy (non-hydrogen) atoms. The lowest BCUT2D eigenvalue weighted by Crippen LogP contribution is -2.51. The molecule has 2 fully saturated rings. The van der Waals surface area contributed by atoms with Crippen LogP contribution in [0.1, 0.15) is 45.2 Å². The summed E-state index contributed by atoms with van der Waals surface area (Å²) in [4.78, 5) is 32.6. The number of likely N-dealkylation sites (N-methyl/N-ethyl adjacent to an activating group) is 1. The summed E-state index contributed by atoms with van der Waals surface area (Å²) in [5.41, 5.74) is 0.732. The predicted molar refractivity (Wildman–Crippen MR) is 120 cm³/mol. The molecular weight excluding hydrogens is 376 g/mol. The average molecular weight is 415 g/mol. The highest BCUT2D eigenvalue weighted by molar-refractivity contribution is 5.84. The van der Waals surface area contributed by atoms with Crippen molar-refractivity contribution in [3.05, 3.63) is 35.9 Å². The molecule has 0 saturated carbocycles. The van der Waals surface area contributed by atoms with Crippen LogP contribution in [-0.2, 0) is 9.59 Å². The number of amides is 2. The van der Waals surface area contributed by atoms with Crippen LogP contribution < -0.4 is 5.32 Å². The molecule has 0 aliphatic carbocycles. The van der Waals surface area contributed by atoms with Crippen LogP contribution in [0.2, 0.25) is 0 Å². The summed E-state index contributed by atoms with van der Waals surface area (Å²) in [6, 6.07) is 10.2. The second-order valence-electron chi connectivity index (χ2n) is 9.92. The lowest BCUT2D eigenvalue weighted by atomic mass is 9.90. The minimum absolute atomic E-state index is 0.0317. The minimum atomic E-state index is -0.410. The van der Waals surface area contributed by atoms with Crippen LogP contribution in [0.5, 0.6) is 0 Å². The molecule has 0 aromatic heterocycles. The molecule has 166 valence electrons. The SMILES string of the molecule is CN1CCN(CC(NC(=O)C2CCCN(C(=O)C(C)(C)C)C2)c2ccccc2)CC1. The molecule has 1 N–H and O–H groups in total. The van der Waals surface area contributed by atoms with Crippen molar-refractivity contribution in [2.45, 2.75) is 39.7 Å². The van der Waals surface area contributed by atoms with Crippen molar-refractivity contribution in [1.82, 2.24) is 20.0 Å². The summed E-state index contributed by atoms with van der Waals surface area (Å²) in [5, 5.41) is 3.33. The minimum Gasteiger partial charge on any atom is -0.348 e. The van der Waals surface area contributed by atoms with Gasteiger partial charge >= 0.3 is 0 Å². The first-order chi connectivity index (χ1) is 14.2. The maximum absolute atomic E-state index is 13.2. The number of piperazine rings is 1. The highest BCUT2D eigenvalue weighted by Crippen LogP contribution is 2.25. The van der Waals surface area contributed by atoms with E-state index < -0.39 is 5.41 Å². The zero-order valence-corrected chi connectivity index (χ0v) is 19.1. The summed E-state index contributed by atoms with van der Waals surface area (Å²) in [6.45, 7) is 12.1. The van der Waals surface area contributed by atoms with E-state index in [0.717, 1.165) is 57.7 Å². The van der Waals surface area contributed by atoms with E-state index >= 15 is 0 Å². The van der Waals surface area contributed by atoms with Gasteiger partial charge in [-0.1, -0.05) is 51.1 Å². The lowest BCUT2D eigenvalue weighted by Gasteiger charge is -2.37. The molecule has 0 bridgehead atoms. The molecule has 2 aliphatic heterocycles. The number of nitrogens with one attached hydrogen (secondary N) is 1. The van der Waals surface area contributed by atoms with Gasteiger partial charge in [-0.2, -0.15) is 0 Å². The van der Waals surface area contributed by atoms with Crippen LogP contribution >= 0.6 is 0 Å². The Morgan fingerprint density at radius 2 is 1.73 bits per heavy atom. The van der Waals surface area contributed by atoms with Gasteiger partial charge in [0.05, 0.1) is 12.0 Å². The van der Waals surface area contributed by atoms with E-state index in [9.17, 15) is 9.59 Å². The second-order valence-corrected chi connectivity index (χ2v) is 9.92. The molecular formula is C24H38N4O2. The van der Waals surface area contributed by atoms with E-state index in [-0.39, 0.29) is 23.8 Å². The molecule has 2 amide bonds. The fourth-order valence-corrected chi connectivity index (χ4v) is 4.35. The zero-order chi connectivity index (χ0) is 21.7. The Morgan fingerprint density at radius 3 is 2.37 bits per heavy atom. The van der Waals surface area contributed by atoms with Gasteiger partial charge in [-0.15, -0.1) is 0 Å². The van der Waals surface area contributed by atoms with Crippen LogP contribution in [0.15, 0.2) is 30.3 Å². The molecule has 1 aromatic rings. The van der Waals surface area contributed by atoms with E-state index in [2.05, 4.69) is 34.3 Å². The monoisotopic (exact) mass is 414 g/mol. The third-order valence-electron chi connectivity index (χ3n) is 6.28. The van der Waals surface area contributed by atoms with Gasteiger partial charge in [0.1, 0.15) is 0 Å². The van der Waals surface area contributed by atoms with Gasteiger partial charge in [0.2, 0.25) is 11.8 Å². The average Bonchev–Trinajstić information content (AvgIpc) is 2.74. The lowest BCUT2D eigenvalue weighted by molar-refractivity contribution is -0.143. The van der Waals surface area contributed by atoms with Crippen molar-refractivity contribution in [2.24, 2.45) is 11.3 Å². The third kappa shape index (κ3) is 6.05. The number of carbonyl (C=O) groups is 2. The van der Waals surface area contributed by atoms with Crippen LogP contribution in [0, 0.1) is 11.3 Å². The van der Waals surface area contributed by atoms with Crippen LogP contribution in [0.25, 0.3) is 0 Å². The molecule has 2 aliphatic rings. The Hall–Kier alpha value is -1.92. The molecule has 6 heteroatoms. The fraction of sp³-hybridized carbons (Fsp3) is 0.667. The van der Waals surface area contributed by atoms with Crippen LogP contribution in [0.3, 0.4) is 0 Å². The van der Waals surface area contributed by atoms with Crippen molar-refractivity contribution in [3.8, 4) is 0 Å². The number of hydrogen-bond donors (Lipinski definition) is 1. The summed E-state index contributed by atoms with van der Waals surface area (Å²) >= 11 is 0. The molecule has 3 rings (SSSR count). The van der Waals surface area contributed by atoms with Crippen molar-refractivity contribution in [3.63, 3.8) is 0 Å². The first-order valence-corrected chi connectivity index (χ1v) is 11.3. The number of hydrogen-bond acceptors (Lipinski definition) is 4. The number of benzene rings is 1. The maximum Gasteiger partial charge on any atom is 0.227 e. The largest absolute Gasteiger partial charge is 0.348 e. The summed E-state index contributed by atoms with van der Waals surface area (Å²) in [5.74, 6) is 0.0742. The van der Waals surface area contributed by atoms with Gasteiger partial charge in [0.25, 0.3) is 0 Å². The van der Waals surface area contributed by atoms with Crippen molar-refractivity contribution in [1.29, 1.82) is 0 Å². The molecule has 2 atom stereocenters. The van der Waals surface area contributed by atoms with Gasteiger partial charge in [-0.05, 0) is 25.5 Å². The van der Waals surface area contributed by atoms with E-state index in [1.807, 2.05) is 43.9 Å². The van der Waals surface area contributed by atoms with E-state index in [4.69, 9.17) is 0 Å². The Balaban J connectivity index is 1.66. The highest BCUT2D eigenvalue weighted by Gasteiger charge is 2.34. The molecule has 1 aromatic carbocycles. The van der Waals surface area contributed by atoms with Gasteiger partial charge in [0.15, 0.2) is 0 Å². The number of nitrogens with zero attached hydrogens (tertiary/aromatic N) is 3. The number of piperidine rings is 1. The smallest absolute Gasteiger partial charge is 0.227 e. The molecule has 2 saturated heterocycles. The van der Waals surface area contributed by atoms with Crippen LogP contribution in [0.4, 0.5) is 0 Å². The number of carbonyl (C=O) groups excluding carboxylic acids is 2. The van der Waals surface area contributed by atoms with Gasteiger partial charge in [0, 0.05) is 51.2 Å². The Bertz CT molecular complexity index is 708. The van der Waals surface area contributed by atoms with Crippen molar-refractivity contribution < 1.29 is 9.59 Å². The first kappa shape index (κ1) is 22.8. The summed E-state index contributed by atoms with van der Waals surface area (Å²) in [7, 11) is 2.15. The van der Waals surface area contributed by atoms with Gasteiger partial charge < -0.3 is 15.1 Å². The zero-order valence-electron chi connectivity index (χ0n) is 19.1. The summed E-state index contributed by atoms with van der Waals surface area (Å²) in [6.07, 6.45) is 1.73. The van der Waals surface area contributed by atoms with Gasteiger partial charge in [-0.25, -0.2) is 0 Å². The topological polar surface area (TPSA) is 55.9 Å². The Labute approximate surface area is 181 Å². The fourth-order valence-electron chi connectivity index (χ4n) is 4.35. The normalized spacial score (nSPS) is 22.5. The Morgan fingerprint density at radius 1 is 1.07 bits per heavy atom. The van der Waals surface area contributed by atoms with Gasteiger partial charge in [-0.3, -0.25) is 14.5 Å². The van der Waals surface area contributed by atoms with E-state index in [1.165, 1.54) is 0 Å². The first-order valence-electron chi connectivity index (χ1n) is 11.3. The quantitative estimate of drug-likeness (QED) is 0.804. The van der Waals surface area contributed by atoms with Crippen LogP contribution in [-0.4, -0.2) is 79.4 Å². The number of likely N-dealkylation sites (tertiary alicyclic amines) is 1. The molecule has 2 heterocycles. The number of rotatable bonds is 5. The molecule has 2 unspecified atom stereocenters. The summed E-state index contributed by atoms with van der Waals surface area (Å²) < 4.78 is 0. The Kier molecular flexibility index (Phi) is 7.53. The predicted octanol–water partition coefficient (Wildman–Crippen LogP) is 2.38. The molecule has 0 radical (unpaired) electrons. The maximum atomic E-state index is 13.2. The van der Waals surface area contributed by atoms with E-state index in [0.29, 0.717) is 6.54 Å². The standard InChI is InChI=1S/C24H38N4O2/c1-24(2,3)23(30)28-12-8-11-20(17-28)22(29)25-21(19-9-6-5-7-10-19)18-27-15-13-26(4)14-16-27/h5-7,9-10,20-21H,8,11-18H2,1-4H3,(H,25,29). The third-order valence-corrected chi connectivity index (χ3v) is 6.28. The molecule has 0 spiro atoms. The van der Waals surface area contributed by atoms with E-state index in [1.54, 1.807) is 0 Å².